The lowest BCUT2D eigenvalue weighted by molar-refractivity contribution is -0.114. The maximum atomic E-state index is 12.6. The molecule has 2 rings (SSSR count). The highest BCUT2D eigenvalue weighted by atomic mass is 32.2. The zero-order chi connectivity index (χ0) is 18.4. The van der Waals surface area contributed by atoms with E-state index < -0.39 is 16.1 Å². The Morgan fingerprint density at radius 3 is 2.24 bits per heavy atom. The topological polar surface area (TPSA) is 79.0 Å². The van der Waals surface area contributed by atoms with E-state index in [1.165, 1.54) is 21.2 Å². The Kier molecular flexibility index (Phi) is 6.00. The van der Waals surface area contributed by atoms with E-state index >= 15 is 0 Å². The van der Waals surface area contributed by atoms with Crippen molar-refractivity contribution in [2.45, 2.75) is 0 Å². The summed E-state index contributed by atoms with van der Waals surface area (Å²) < 4.78 is 32.5. The number of para-hydroxylation sites is 3. The minimum Gasteiger partial charge on any atom is -0.495 e. The molecule has 0 spiro atoms. The Hall–Kier alpha value is -2.58. The Morgan fingerprint density at radius 1 is 1.04 bits per heavy atom. The van der Waals surface area contributed by atoms with Crippen LogP contribution in [0.1, 0.15) is 0 Å². The van der Waals surface area contributed by atoms with Crippen molar-refractivity contribution in [1.29, 1.82) is 0 Å². The van der Waals surface area contributed by atoms with Crippen LogP contribution in [-0.4, -0.2) is 46.4 Å². The van der Waals surface area contributed by atoms with Gasteiger partial charge in [0.25, 0.3) is 0 Å². The lowest BCUT2D eigenvalue weighted by Crippen LogP contribution is -2.44. The molecular formula is C17H21N3O4S. The predicted molar refractivity (Wildman–Crippen MR) is 98.0 cm³/mol. The number of amides is 1. The van der Waals surface area contributed by atoms with Crippen molar-refractivity contribution in [2.75, 3.05) is 37.4 Å². The van der Waals surface area contributed by atoms with E-state index in [-0.39, 0.29) is 6.54 Å². The van der Waals surface area contributed by atoms with Crippen molar-refractivity contribution >= 4 is 27.5 Å². The molecule has 0 heterocycles. The van der Waals surface area contributed by atoms with Crippen LogP contribution in [0, 0.1) is 0 Å². The highest BCUT2D eigenvalue weighted by molar-refractivity contribution is 7.90. The number of anilines is 2. The summed E-state index contributed by atoms with van der Waals surface area (Å²) in [6, 6.07) is 15.4. The number of benzene rings is 2. The largest absolute Gasteiger partial charge is 0.495 e. The van der Waals surface area contributed by atoms with Gasteiger partial charge in [0.2, 0.25) is 5.91 Å². The molecule has 134 valence electrons. The van der Waals surface area contributed by atoms with Crippen LogP contribution < -0.4 is 14.4 Å². The fourth-order valence-electron chi connectivity index (χ4n) is 2.17. The number of hydrogen-bond donors (Lipinski definition) is 1. The van der Waals surface area contributed by atoms with Gasteiger partial charge >= 0.3 is 10.2 Å². The molecule has 0 radical (unpaired) electrons. The zero-order valence-electron chi connectivity index (χ0n) is 14.3. The summed E-state index contributed by atoms with van der Waals surface area (Å²) >= 11 is 0. The standard InChI is InChI=1S/C17H21N3O4S/c1-19(2)25(22,23)20(14-9-5-4-6-10-14)13-17(21)18-15-11-7-8-12-16(15)24-3/h4-12H,13H2,1-3H3,(H,18,21). The van der Waals surface area contributed by atoms with Gasteiger partial charge in [-0.25, -0.2) is 4.31 Å². The Balaban J connectivity index is 2.26. The van der Waals surface area contributed by atoms with Crippen molar-refractivity contribution < 1.29 is 17.9 Å². The van der Waals surface area contributed by atoms with E-state index in [4.69, 9.17) is 4.74 Å². The van der Waals surface area contributed by atoms with Gasteiger partial charge in [0, 0.05) is 14.1 Å². The Labute approximate surface area is 148 Å². The first-order chi connectivity index (χ1) is 11.9. The molecule has 0 saturated heterocycles. The molecule has 25 heavy (non-hydrogen) atoms. The van der Waals surface area contributed by atoms with Crippen LogP contribution in [0.25, 0.3) is 0 Å². The first-order valence-electron chi connectivity index (χ1n) is 7.54. The number of nitrogens with zero attached hydrogens (tertiary/aromatic N) is 2. The summed E-state index contributed by atoms with van der Waals surface area (Å²) in [7, 11) is 0.517. The maximum Gasteiger partial charge on any atom is 0.304 e. The monoisotopic (exact) mass is 363 g/mol. The van der Waals surface area contributed by atoms with Gasteiger partial charge in [-0.1, -0.05) is 30.3 Å². The van der Waals surface area contributed by atoms with Gasteiger partial charge in [0.15, 0.2) is 0 Å². The van der Waals surface area contributed by atoms with Crippen LogP contribution >= 0.6 is 0 Å². The van der Waals surface area contributed by atoms with E-state index in [0.29, 0.717) is 17.1 Å². The number of carbonyl (C=O) groups excluding carboxylic acids is 1. The molecule has 8 heteroatoms. The second-order valence-electron chi connectivity index (χ2n) is 5.38. The number of hydrogen-bond acceptors (Lipinski definition) is 4. The lowest BCUT2D eigenvalue weighted by atomic mass is 10.3. The summed E-state index contributed by atoms with van der Waals surface area (Å²) in [5.41, 5.74) is 0.886. The smallest absolute Gasteiger partial charge is 0.304 e. The number of carbonyl (C=O) groups is 1. The first-order valence-corrected chi connectivity index (χ1v) is 8.94. The van der Waals surface area contributed by atoms with Crippen molar-refractivity contribution in [1.82, 2.24) is 4.31 Å². The quantitative estimate of drug-likeness (QED) is 0.815. The van der Waals surface area contributed by atoms with E-state index in [9.17, 15) is 13.2 Å². The van der Waals surface area contributed by atoms with Gasteiger partial charge < -0.3 is 10.1 Å². The number of ether oxygens (including phenoxy) is 1. The number of rotatable bonds is 7. The molecule has 2 aromatic rings. The van der Waals surface area contributed by atoms with Gasteiger partial charge in [0.1, 0.15) is 12.3 Å². The Morgan fingerprint density at radius 2 is 1.64 bits per heavy atom. The second-order valence-corrected chi connectivity index (χ2v) is 7.45. The van der Waals surface area contributed by atoms with Gasteiger partial charge in [-0.2, -0.15) is 12.7 Å². The fraction of sp³-hybridized carbons (Fsp3) is 0.235. The molecule has 2 aromatic carbocycles. The average molecular weight is 363 g/mol. The van der Waals surface area contributed by atoms with Crippen LogP contribution in [0.5, 0.6) is 5.75 Å². The van der Waals surface area contributed by atoms with Crippen molar-refractivity contribution in [3.8, 4) is 5.75 Å². The molecule has 1 N–H and O–H groups in total. The second kappa shape index (κ2) is 8.00. The molecule has 0 bridgehead atoms. The van der Waals surface area contributed by atoms with Crippen LogP contribution in [0.4, 0.5) is 11.4 Å². The minimum atomic E-state index is -3.82. The summed E-state index contributed by atoms with van der Waals surface area (Å²) in [6.07, 6.45) is 0. The zero-order valence-corrected chi connectivity index (χ0v) is 15.2. The normalized spacial score (nSPS) is 11.2. The van der Waals surface area contributed by atoms with E-state index in [2.05, 4.69) is 5.32 Å². The summed E-state index contributed by atoms with van der Waals surface area (Å²) in [4.78, 5) is 12.4. The van der Waals surface area contributed by atoms with Crippen LogP contribution in [0.3, 0.4) is 0 Å². The molecule has 0 aliphatic rings. The fourth-order valence-corrected chi connectivity index (χ4v) is 3.23. The SMILES string of the molecule is COc1ccccc1NC(=O)CN(c1ccccc1)S(=O)(=O)N(C)C. The molecule has 0 aliphatic heterocycles. The lowest BCUT2D eigenvalue weighted by Gasteiger charge is -2.27. The molecule has 0 unspecified atom stereocenters. The summed E-state index contributed by atoms with van der Waals surface area (Å²) in [5.74, 6) is 0.0244. The minimum absolute atomic E-state index is 0.359. The summed E-state index contributed by atoms with van der Waals surface area (Å²) in [6.45, 7) is -0.359. The first kappa shape index (κ1) is 18.8. The molecule has 0 saturated carbocycles. The maximum absolute atomic E-state index is 12.6. The van der Waals surface area contributed by atoms with E-state index in [1.807, 2.05) is 0 Å². The third-order valence-corrected chi connectivity index (χ3v) is 5.27. The molecular weight excluding hydrogens is 342 g/mol. The van der Waals surface area contributed by atoms with Crippen molar-refractivity contribution in [2.24, 2.45) is 0 Å². The summed E-state index contributed by atoms with van der Waals surface area (Å²) in [5, 5.41) is 2.68. The third-order valence-electron chi connectivity index (χ3n) is 3.45. The molecule has 0 aliphatic carbocycles. The van der Waals surface area contributed by atoms with E-state index in [1.54, 1.807) is 54.6 Å². The molecule has 7 nitrogen and oxygen atoms in total. The third kappa shape index (κ3) is 4.49. The van der Waals surface area contributed by atoms with Crippen molar-refractivity contribution in [3.05, 3.63) is 54.6 Å². The number of nitrogens with one attached hydrogen (secondary N) is 1. The van der Waals surface area contributed by atoms with Gasteiger partial charge in [-0.3, -0.25) is 4.79 Å². The molecule has 0 atom stereocenters. The van der Waals surface area contributed by atoms with Crippen LogP contribution in [-0.2, 0) is 15.0 Å². The Bertz CT molecular complexity index is 823. The van der Waals surface area contributed by atoms with Gasteiger partial charge in [-0.15, -0.1) is 0 Å². The molecule has 1 amide bonds. The highest BCUT2D eigenvalue weighted by Crippen LogP contribution is 2.24. The number of methoxy groups -OCH3 is 1. The average Bonchev–Trinajstić information content (AvgIpc) is 2.60. The van der Waals surface area contributed by atoms with Crippen molar-refractivity contribution in [3.63, 3.8) is 0 Å². The highest BCUT2D eigenvalue weighted by Gasteiger charge is 2.27. The molecule has 0 fully saturated rings. The van der Waals surface area contributed by atoms with Gasteiger partial charge in [0.05, 0.1) is 18.5 Å². The predicted octanol–water partition coefficient (Wildman–Crippen LogP) is 1.95. The van der Waals surface area contributed by atoms with E-state index in [0.717, 1.165) is 8.61 Å². The van der Waals surface area contributed by atoms with Crippen LogP contribution in [0.2, 0.25) is 0 Å². The molecule has 0 aromatic heterocycles. The van der Waals surface area contributed by atoms with Gasteiger partial charge in [-0.05, 0) is 24.3 Å². The van der Waals surface area contributed by atoms with Crippen LogP contribution in [0.15, 0.2) is 54.6 Å².